The first kappa shape index (κ1) is 26.8. The van der Waals surface area contributed by atoms with Gasteiger partial charge in [0.15, 0.2) is 7.14 Å². The average molecular weight is 483 g/mol. The number of ether oxygens (including phenoxy) is 2. The Bertz CT molecular complexity index is 965. The normalized spacial score (nSPS) is 10.8. The standard InChI is InChI=1S/C18H15OP.C8H16N2O4/c19-20(16-10-4-1-5-11-16,17-12-6-2-7-13-17)18-14-8-3-9-15-18;1-5(2)13-7(11)10(9)8(12)14-6(3)4/h1-15H;5-6H,9H2,1-4H3. The van der Waals surface area contributed by atoms with Crippen LogP contribution in [0.3, 0.4) is 0 Å². The second-order valence-corrected chi connectivity index (χ2v) is 10.6. The fourth-order valence-electron chi connectivity index (χ4n) is 2.95. The second kappa shape index (κ2) is 12.7. The Labute approximate surface area is 200 Å². The van der Waals surface area contributed by atoms with Crippen molar-refractivity contribution in [2.75, 3.05) is 0 Å². The van der Waals surface area contributed by atoms with Crippen molar-refractivity contribution in [1.29, 1.82) is 0 Å². The van der Waals surface area contributed by atoms with Gasteiger partial charge in [0, 0.05) is 15.9 Å². The van der Waals surface area contributed by atoms with Crippen molar-refractivity contribution in [3.8, 4) is 0 Å². The van der Waals surface area contributed by atoms with E-state index in [1.807, 2.05) is 91.0 Å². The molecule has 0 heterocycles. The Kier molecular flexibility index (Phi) is 10.0. The number of hydrogen-bond acceptors (Lipinski definition) is 6. The van der Waals surface area contributed by atoms with Crippen LogP contribution in [0.1, 0.15) is 27.7 Å². The largest absolute Gasteiger partial charge is 0.445 e. The first-order chi connectivity index (χ1) is 16.2. The summed E-state index contributed by atoms with van der Waals surface area (Å²) in [4.78, 5) is 22.1. The maximum atomic E-state index is 13.8. The van der Waals surface area contributed by atoms with E-state index >= 15 is 0 Å². The molecule has 3 aromatic carbocycles. The number of nitrogens with two attached hydrogens (primary N) is 1. The van der Waals surface area contributed by atoms with E-state index in [0.717, 1.165) is 15.9 Å². The zero-order chi connectivity index (χ0) is 25.1. The van der Waals surface area contributed by atoms with Gasteiger partial charge < -0.3 is 14.0 Å². The summed E-state index contributed by atoms with van der Waals surface area (Å²) in [6.45, 7) is 6.61. The Hall–Kier alpha value is -3.41. The summed E-state index contributed by atoms with van der Waals surface area (Å²) in [7, 11) is -2.78. The zero-order valence-electron chi connectivity index (χ0n) is 19.8. The molecule has 0 saturated carbocycles. The molecular weight excluding hydrogens is 451 g/mol. The summed E-state index contributed by atoms with van der Waals surface area (Å²) in [5, 5.41) is 2.92. The van der Waals surface area contributed by atoms with Gasteiger partial charge in [-0.15, -0.1) is 5.01 Å². The highest BCUT2D eigenvalue weighted by molar-refractivity contribution is 7.85. The van der Waals surface area contributed by atoms with Crippen LogP contribution in [0.15, 0.2) is 91.0 Å². The molecule has 2 amide bonds. The molecule has 2 N–H and O–H groups in total. The van der Waals surface area contributed by atoms with Crippen molar-refractivity contribution in [1.82, 2.24) is 5.01 Å². The third-order valence-corrected chi connectivity index (χ3v) is 7.50. The highest BCUT2D eigenvalue weighted by atomic mass is 31.2. The molecule has 8 heteroatoms. The van der Waals surface area contributed by atoms with E-state index in [-0.39, 0.29) is 12.2 Å². The maximum Gasteiger partial charge on any atom is 0.434 e. The van der Waals surface area contributed by atoms with E-state index in [1.54, 1.807) is 27.7 Å². The van der Waals surface area contributed by atoms with Crippen LogP contribution in [0, 0.1) is 0 Å². The molecule has 0 saturated heterocycles. The van der Waals surface area contributed by atoms with Crippen molar-refractivity contribution < 1.29 is 23.6 Å². The highest BCUT2D eigenvalue weighted by Gasteiger charge is 2.29. The van der Waals surface area contributed by atoms with Crippen molar-refractivity contribution in [2.24, 2.45) is 5.84 Å². The van der Waals surface area contributed by atoms with Gasteiger partial charge in [0.05, 0.1) is 12.2 Å². The van der Waals surface area contributed by atoms with Crippen LogP contribution in [0.4, 0.5) is 9.59 Å². The van der Waals surface area contributed by atoms with Crippen LogP contribution in [0.5, 0.6) is 0 Å². The summed E-state index contributed by atoms with van der Waals surface area (Å²) in [5.74, 6) is 5.14. The quantitative estimate of drug-likeness (QED) is 0.247. The molecule has 0 aliphatic carbocycles. The summed E-state index contributed by atoms with van der Waals surface area (Å²) in [5.41, 5.74) is 0. The van der Waals surface area contributed by atoms with Gasteiger partial charge in [-0.1, -0.05) is 91.0 Å². The molecule has 0 aliphatic rings. The molecule has 0 bridgehead atoms. The molecule has 7 nitrogen and oxygen atoms in total. The molecule has 180 valence electrons. The first-order valence-corrected chi connectivity index (χ1v) is 12.6. The van der Waals surface area contributed by atoms with E-state index in [1.165, 1.54) is 0 Å². The number of amides is 2. The Balaban J connectivity index is 0.000000259. The monoisotopic (exact) mass is 482 g/mol. The number of imide groups is 1. The lowest BCUT2D eigenvalue weighted by Crippen LogP contribution is -2.44. The second-order valence-electron chi connectivity index (χ2n) is 7.85. The van der Waals surface area contributed by atoms with Crippen LogP contribution < -0.4 is 21.8 Å². The van der Waals surface area contributed by atoms with Crippen LogP contribution in [-0.2, 0) is 14.0 Å². The Morgan fingerprint density at radius 1 is 0.647 bits per heavy atom. The number of hydrogen-bond donors (Lipinski definition) is 1. The van der Waals surface area contributed by atoms with Gasteiger partial charge in [0.1, 0.15) is 0 Å². The van der Waals surface area contributed by atoms with Crippen molar-refractivity contribution in [3.63, 3.8) is 0 Å². The number of hydrazine groups is 1. The third kappa shape index (κ3) is 7.30. The first-order valence-electron chi connectivity index (χ1n) is 10.9. The van der Waals surface area contributed by atoms with Gasteiger partial charge in [-0.3, -0.25) is 0 Å². The molecule has 0 aliphatic heterocycles. The zero-order valence-corrected chi connectivity index (χ0v) is 20.7. The Morgan fingerprint density at radius 3 is 1.15 bits per heavy atom. The molecule has 0 aromatic heterocycles. The minimum absolute atomic E-state index is 0.306. The highest BCUT2D eigenvalue weighted by Crippen LogP contribution is 2.41. The number of nitrogens with zero attached hydrogens (tertiary/aromatic N) is 1. The van der Waals surface area contributed by atoms with Crippen molar-refractivity contribution in [3.05, 3.63) is 91.0 Å². The lowest BCUT2D eigenvalue weighted by molar-refractivity contribution is 0.0508. The number of carbonyl (C=O) groups is 2. The average Bonchev–Trinajstić information content (AvgIpc) is 2.84. The minimum Gasteiger partial charge on any atom is -0.445 e. The van der Waals surface area contributed by atoms with E-state index < -0.39 is 19.3 Å². The van der Waals surface area contributed by atoms with Crippen molar-refractivity contribution in [2.45, 2.75) is 39.9 Å². The fourth-order valence-corrected chi connectivity index (χ4v) is 5.62. The van der Waals surface area contributed by atoms with Gasteiger partial charge in [0.25, 0.3) is 0 Å². The lowest BCUT2D eigenvalue weighted by Gasteiger charge is -2.19. The van der Waals surface area contributed by atoms with Gasteiger partial charge >= 0.3 is 12.2 Å². The summed E-state index contributed by atoms with van der Waals surface area (Å²) >= 11 is 0. The number of benzene rings is 3. The van der Waals surface area contributed by atoms with Crippen LogP contribution >= 0.6 is 7.14 Å². The van der Waals surface area contributed by atoms with Crippen LogP contribution in [0.2, 0.25) is 0 Å². The van der Waals surface area contributed by atoms with Gasteiger partial charge in [-0.2, -0.15) is 0 Å². The summed E-state index contributed by atoms with van der Waals surface area (Å²) < 4.78 is 23.2. The van der Waals surface area contributed by atoms with Gasteiger partial charge in [-0.25, -0.2) is 15.4 Å². The van der Waals surface area contributed by atoms with Gasteiger partial charge in [-0.05, 0) is 27.7 Å². The molecule has 3 rings (SSSR count). The van der Waals surface area contributed by atoms with E-state index in [9.17, 15) is 14.2 Å². The minimum atomic E-state index is -2.78. The van der Waals surface area contributed by atoms with Gasteiger partial charge in [0.2, 0.25) is 0 Å². The predicted octanol–water partition coefficient (Wildman–Crippen LogP) is 4.58. The molecule has 0 unspecified atom stereocenters. The smallest absolute Gasteiger partial charge is 0.434 e. The van der Waals surface area contributed by atoms with E-state index in [0.29, 0.717) is 5.01 Å². The van der Waals surface area contributed by atoms with Crippen molar-refractivity contribution >= 4 is 35.2 Å². The summed E-state index contributed by atoms with van der Waals surface area (Å²) in [6.07, 6.45) is -2.52. The molecule has 3 aromatic rings. The predicted molar refractivity (Wildman–Crippen MR) is 135 cm³/mol. The van der Waals surface area contributed by atoms with E-state index in [4.69, 9.17) is 5.84 Å². The van der Waals surface area contributed by atoms with Crippen LogP contribution in [0.25, 0.3) is 0 Å². The molecule has 0 spiro atoms. The summed E-state index contributed by atoms with van der Waals surface area (Å²) in [6, 6.07) is 29.1. The van der Waals surface area contributed by atoms with Crippen LogP contribution in [-0.4, -0.2) is 29.4 Å². The molecule has 0 radical (unpaired) electrons. The fraction of sp³-hybridized carbons (Fsp3) is 0.231. The number of carbonyl (C=O) groups excluding carboxylic acids is 2. The molecule has 0 fully saturated rings. The molecule has 34 heavy (non-hydrogen) atoms. The third-order valence-electron chi connectivity index (χ3n) is 4.43. The maximum absolute atomic E-state index is 13.8. The van der Waals surface area contributed by atoms with E-state index in [2.05, 4.69) is 9.47 Å². The molecular formula is C26H31N2O5P. The Morgan fingerprint density at radius 2 is 0.912 bits per heavy atom. The SMILES string of the molecule is CC(C)OC(=O)N(N)C(=O)OC(C)C.O=P(c1ccccc1)(c1ccccc1)c1ccccc1. The number of rotatable bonds is 5. The molecule has 0 atom stereocenters. The lowest BCUT2D eigenvalue weighted by atomic mass is 10.4. The topological polar surface area (TPSA) is 98.9 Å².